The first kappa shape index (κ1) is 16.4. The van der Waals surface area contributed by atoms with E-state index in [9.17, 15) is 5.11 Å². The summed E-state index contributed by atoms with van der Waals surface area (Å²) in [4.78, 5) is 6.55. The fourth-order valence-corrected chi connectivity index (χ4v) is 3.17. The number of aliphatic hydroxyl groups is 1. The first-order valence-electron chi connectivity index (χ1n) is 7.77. The van der Waals surface area contributed by atoms with Gasteiger partial charge in [-0.15, -0.1) is 0 Å². The van der Waals surface area contributed by atoms with Crippen LogP contribution in [0.15, 0.2) is 4.52 Å². The van der Waals surface area contributed by atoms with Gasteiger partial charge in [0.25, 0.3) is 0 Å². The van der Waals surface area contributed by atoms with Crippen molar-refractivity contribution in [2.75, 3.05) is 20.3 Å². The van der Waals surface area contributed by atoms with Gasteiger partial charge in [0.2, 0.25) is 5.89 Å². The molecule has 1 heterocycles. The van der Waals surface area contributed by atoms with Crippen molar-refractivity contribution in [3.8, 4) is 0 Å². The van der Waals surface area contributed by atoms with Crippen LogP contribution in [0.3, 0.4) is 0 Å². The van der Waals surface area contributed by atoms with Gasteiger partial charge in [0.05, 0.1) is 13.2 Å². The fourth-order valence-electron chi connectivity index (χ4n) is 3.17. The lowest BCUT2D eigenvalue weighted by atomic mass is 9.95. The van der Waals surface area contributed by atoms with Crippen molar-refractivity contribution in [2.45, 2.75) is 58.2 Å². The van der Waals surface area contributed by atoms with E-state index in [1.807, 2.05) is 20.9 Å². The van der Waals surface area contributed by atoms with Crippen molar-refractivity contribution >= 4 is 0 Å². The molecule has 0 aromatic carbocycles. The van der Waals surface area contributed by atoms with Crippen molar-refractivity contribution in [1.82, 2.24) is 15.0 Å². The van der Waals surface area contributed by atoms with Gasteiger partial charge in [-0.1, -0.05) is 12.1 Å². The van der Waals surface area contributed by atoms with Gasteiger partial charge in [-0.2, -0.15) is 4.98 Å². The minimum absolute atomic E-state index is 0.153. The second kappa shape index (κ2) is 6.85. The van der Waals surface area contributed by atoms with Crippen molar-refractivity contribution in [2.24, 2.45) is 5.92 Å². The summed E-state index contributed by atoms with van der Waals surface area (Å²) in [6, 6.07) is 0. The maximum atomic E-state index is 9.82. The zero-order valence-corrected chi connectivity index (χ0v) is 13.5. The van der Waals surface area contributed by atoms with Crippen LogP contribution in [0, 0.1) is 5.92 Å². The van der Waals surface area contributed by atoms with Gasteiger partial charge in [-0.25, -0.2) is 0 Å². The fraction of sp³-hybridized carbons (Fsp3) is 0.867. The number of hydrogen-bond acceptors (Lipinski definition) is 6. The second-order valence-corrected chi connectivity index (χ2v) is 6.23. The highest BCUT2D eigenvalue weighted by atomic mass is 16.5. The van der Waals surface area contributed by atoms with Crippen LogP contribution in [0.4, 0.5) is 0 Å². The largest absolute Gasteiger partial charge is 0.394 e. The summed E-state index contributed by atoms with van der Waals surface area (Å²) < 4.78 is 10.8. The minimum Gasteiger partial charge on any atom is -0.394 e. The smallest absolute Gasteiger partial charge is 0.240 e. The van der Waals surface area contributed by atoms with Gasteiger partial charge in [-0.3, -0.25) is 4.90 Å². The lowest BCUT2D eigenvalue weighted by Gasteiger charge is -2.36. The monoisotopic (exact) mass is 297 g/mol. The highest BCUT2D eigenvalue weighted by Gasteiger charge is 2.40. The maximum absolute atomic E-state index is 9.82. The quantitative estimate of drug-likeness (QED) is 0.831. The summed E-state index contributed by atoms with van der Waals surface area (Å²) in [6.07, 6.45) is 3.02. The van der Waals surface area contributed by atoms with Crippen LogP contribution < -0.4 is 0 Å². The summed E-state index contributed by atoms with van der Waals surface area (Å²) in [5.41, 5.74) is -0.153. The summed E-state index contributed by atoms with van der Waals surface area (Å²) in [5.74, 6) is 1.81. The van der Waals surface area contributed by atoms with E-state index in [0.717, 1.165) is 19.3 Å². The van der Waals surface area contributed by atoms with E-state index in [2.05, 4.69) is 22.0 Å². The van der Waals surface area contributed by atoms with Crippen molar-refractivity contribution in [3.63, 3.8) is 0 Å². The van der Waals surface area contributed by atoms with E-state index in [0.29, 0.717) is 30.8 Å². The summed E-state index contributed by atoms with van der Waals surface area (Å²) >= 11 is 0. The van der Waals surface area contributed by atoms with Gasteiger partial charge in [-0.05, 0) is 46.1 Å². The minimum atomic E-state index is -0.156. The Morgan fingerprint density at radius 3 is 2.90 bits per heavy atom. The number of aromatic nitrogens is 2. The number of likely N-dealkylation sites (N-methyl/N-ethyl adjacent to an activating group) is 1. The molecule has 21 heavy (non-hydrogen) atoms. The average molecular weight is 297 g/mol. The van der Waals surface area contributed by atoms with Crippen LogP contribution in [0.5, 0.6) is 0 Å². The molecule has 2 rings (SSSR count). The molecule has 0 bridgehead atoms. The Balaban J connectivity index is 2.01. The zero-order valence-electron chi connectivity index (χ0n) is 13.5. The molecule has 0 saturated heterocycles. The molecule has 6 heteroatoms. The molecule has 6 nitrogen and oxygen atoms in total. The third-order valence-electron chi connectivity index (χ3n) is 4.57. The van der Waals surface area contributed by atoms with E-state index >= 15 is 0 Å². The van der Waals surface area contributed by atoms with E-state index < -0.39 is 0 Å². The molecule has 0 spiro atoms. The second-order valence-electron chi connectivity index (χ2n) is 6.23. The lowest BCUT2D eigenvalue weighted by molar-refractivity contribution is 0.0387. The molecule has 0 radical (unpaired) electrons. The van der Waals surface area contributed by atoms with Crippen molar-refractivity contribution in [1.29, 1.82) is 0 Å². The number of ether oxygens (including phenoxy) is 1. The van der Waals surface area contributed by atoms with Gasteiger partial charge >= 0.3 is 0 Å². The summed E-state index contributed by atoms with van der Waals surface area (Å²) in [7, 11) is 2.02. The van der Waals surface area contributed by atoms with Gasteiger partial charge < -0.3 is 14.4 Å². The average Bonchev–Trinajstić information content (AvgIpc) is 3.06. The predicted molar refractivity (Wildman–Crippen MR) is 78.6 cm³/mol. The van der Waals surface area contributed by atoms with Crippen LogP contribution >= 0.6 is 0 Å². The van der Waals surface area contributed by atoms with Gasteiger partial charge in [0, 0.05) is 12.1 Å². The van der Waals surface area contributed by atoms with E-state index in [4.69, 9.17) is 9.26 Å². The highest BCUT2D eigenvalue weighted by Crippen LogP contribution is 2.38. The molecule has 1 aromatic heterocycles. The number of aliphatic hydroxyl groups excluding tert-OH is 1. The number of hydrogen-bond donors (Lipinski definition) is 1. The maximum Gasteiger partial charge on any atom is 0.240 e. The lowest BCUT2D eigenvalue weighted by Crippen LogP contribution is -2.47. The Morgan fingerprint density at radius 1 is 1.57 bits per heavy atom. The molecular formula is C15H27N3O3. The molecule has 3 atom stereocenters. The number of rotatable bonds is 7. The van der Waals surface area contributed by atoms with Gasteiger partial charge in [0.15, 0.2) is 5.82 Å². The third kappa shape index (κ3) is 3.62. The van der Waals surface area contributed by atoms with Crippen LogP contribution in [0.1, 0.15) is 57.9 Å². The van der Waals surface area contributed by atoms with Crippen LogP contribution in [0.25, 0.3) is 0 Å². The Labute approximate surface area is 126 Å². The van der Waals surface area contributed by atoms with Crippen LogP contribution in [-0.4, -0.2) is 45.9 Å². The molecule has 0 amide bonds. The summed E-state index contributed by atoms with van der Waals surface area (Å²) in [6.45, 7) is 7.44. The predicted octanol–water partition coefficient (Wildman–Crippen LogP) is 2.15. The Kier molecular flexibility index (Phi) is 5.35. The Bertz CT molecular complexity index is 451. The SMILES string of the molecule is CCOC(C)c1noc(CN(C)C2(CO)CCC(C)C2)n1. The van der Waals surface area contributed by atoms with E-state index in [1.54, 1.807) is 0 Å². The van der Waals surface area contributed by atoms with Gasteiger partial charge in [0.1, 0.15) is 6.10 Å². The number of nitrogens with zero attached hydrogens (tertiary/aromatic N) is 3. The topological polar surface area (TPSA) is 71.6 Å². The third-order valence-corrected chi connectivity index (χ3v) is 4.57. The Hall–Kier alpha value is -0.980. The summed E-state index contributed by atoms with van der Waals surface area (Å²) in [5, 5.41) is 13.8. The highest BCUT2D eigenvalue weighted by molar-refractivity contribution is 4.98. The molecule has 1 N–H and O–H groups in total. The molecular weight excluding hydrogens is 270 g/mol. The van der Waals surface area contributed by atoms with E-state index in [1.165, 1.54) is 0 Å². The Morgan fingerprint density at radius 2 is 2.33 bits per heavy atom. The molecule has 120 valence electrons. The first-order chi connectivity index (χ1) is 10.0. The van der Waals surface area contributed by atoms with Crippen LogP contribution in [0.2, 0.25) is 0 Å². The zero-order chi connectivity index (χ0) is 15.5. The van der Waals surface area contributed by atoms with E-state index in [-0.39, 0.29) is 18.2 Å². The van der Waals surface area contributed by atoms with Crippen molar-refractivity contribution in [3.05, 3.63) is 11.7 Å². The van der Waals surface area contributed by atoms with Crippen LogP contribution in [-0.2, 0) is 11.3 Å². The molecule has 1 saturated carbocycles. The normalized spacial score (nSPS) is 27.4. The molecule has 1 aliphatic carbocycles. The molecule has 0 aliphatic heterocycles. The first-order valence-corrected chi connectivity index (χ1v) is 7.77. The molecule has 1 aliphatic rings. The standard InChI is InChI=1S/C15H27N3O3/c1-5-20-12(3)14-16-13(21-17-14)9-18(4)15(10-19)7-6-11(2)8-15/h11-12,19H,5-10H2,1-4H3. The molecule has 1 aromatic rings. The molecule has 3 unspecified atom stereocenters. The molecule has 1 fully saturated rings. The van der Waals surface area contributed by atoms with Crippen molar-refractivity contribution < 1.29 is 14.4 Å².